The molecule has 0 saturated carbocycles. The van der Waals surface area contributed by atoms with Crippen molar-refractivity contribution >= 4 is 5.91 Å². The van der Waals surface area contributed by atoms with E-state index >= 15 is 0 Å². The number of aliphatic hydroxyl groups is 1. The van der Waals surface area contributed by atoms with Crippen LogP contribution in [0.5, 0.6) is 11.5 Å². The van der Waals surface area contributed by atoms with Gasteiger partial charge in [0, 0.05) is 38.0 Å². The van der Waals surface area contributed by atoms with Gasteiger partial charge in [-0.3, -0.25) is 9.69 Å². The summed E-state index contributed by atoms with van der Waals surface area (Å²) in [6, 6.07) is 18.2. The number of rotatable bonds is 6. The summed E-state index contributed by atoms with van der Waals surface area (Å²) >= 11 is 0. The number of para-hydroxylation sites is 1. The zero-order valence-electron chi connectivity index (χ0n) is 16.9. The van der Waals surface area contributed by atoms with Crippen LogP contribution in [0.25, 0.3) is 0 Å². The van der Waals surface area contributed by atoms with Crippen molar-refractivity contribution in [1.29, 1.82) is 0 Å². The normalized spacial score (nSPS) is 22.8. The molecule has 2 heterocycles. The Morgan fingerprint density at radius 2 is 1.72 bits per heavy atom. The predicted molar refractivity (Wildman–Crippen MR) is 113 cm³/mol. The number of benzene rings is 2. The third kappa shape index (κ3) is 4.98. The lowest BCUT2D eigenvalue weighted by Crippen LogP contribution is -2.54. The molecule has 1 amide bonds. The highest BCUT2D eigenvalue weighted by Crippen LogP contribution is 2.39. The quantitative estimate of drug-likeness (QED) is 0.812. The highest BCUT2D eigenvalue weighted by molar-refractivity contribution is 5.77. The minimum atomic E-state index is 0.0446. The number of hydrogen-bond acceptors (Lipinski definition) is 4. The third-order valence-electron chi connectivity index (χ3n) is 6.17. The van der Waals surface area contributed by atoms with Crippen molar-refractivity contribution in [2.24, 2.45) is 5.41 Å². The Morgan fingerprint density at radius 3 is 2.48 bits per heavy atom. The van der Waals surface area contributed by atoms with Gasteiger partial charge in [-0.15, -0.1) is 0 Å². The molecule has 0 radical (unpaired) electrons. The fourth-order valence-electron chi connectivity index (χ4n) is 4.75. The molecule has 2 aliphatic rings. The van der Waals surface area contributed by atoms with Gasteiger partial charge in [-0.2, -0.15) is 0 Å². The molecule has 29 heavy (non-hydrogen) atoms. The molecule has 1 N–H and O–H groups in total. The number of aliphatic hydroxyl groups excluding tert-OH is 1. The highest BCUT2D eigenvalue weighted by atomic mass is 16.5. The topological polar surface area (TPSA) is 53.0 Å². The van der Waals surface area contributed by atoms with E-state index in [9.17, 15) is 9.90 Å². The van der Waals surface area contributed by atoms with Gasteiger partial charge >= 0.3 is 0 Å². The van der Waals surface area contributed by atoms with E-state index in [1.807, 2.05) is 47.4 Å². The van der Waals surface area contributed by atoms with Crippen molar-refractivity contribution in [2.45, 2.75) is 32.2 Å². The van der Waals surface area contributed by atoms with Crippen molar-refractivity contribution < 1.29 is 14.6 Å². The van der Waals surface area contributed by atoms with E-state index in [-0.39, 0.29) is 17.9 Å². The average molecular weight is 395 g/mol. The average Bonchev–Trinajstić information content (AvgIpc) is 2.74. The summed E-state index contributed by atoms with van der Waals surface area (Å²) in [5, 5.41) is 9.27. The number of β-amino-alcohol motifs (C(OH)–C–C–N with tert-alkyl or cyclic N) is 1. The fourth-order valence-corrected chi connectivity index (χ4v) is 4.75. The van der Waals surface area contributed by atoms with Crippen molar-refractivity contribution in [3.63, 3.8) is 0 Å². The number of amides is 1. The Morgan fingerprint density at radius 1 is 0.966 bits per heavy atom. The van der Waals surface area contributed by atoms with Gasteiger partial charge in [-0.05, 0) is 55.6 Å². The maximum absolute atomic E-state index is 12.1. The molecule has 2 aliphatic heterocycles. The second-order valence-corrected chi connectivity index (χ2v) is 8.41. The van der Waals surface area contributed by atoms with Crippen molar-refractivity contribution in [2.75, 3.05) is 32.8 Å². The molecule has 0 aliphatic carbocycles. The van der Waals surface area contributed by atoms with E-state index in [1.165, 1.54) is 12.0 Å². The van der Waals surface area contributed by atoms with Gasteiger partial charge in [0.1, 0.15) is 11.5 Å². The minimum Gasteiger partial charge on any atom is -0.457 e. The first-order chi connectivity index (χ1) is 14.2. The lowest BCUT2D eigenvalue weighted by atomic mass is 9.73. The van der Waals surface area contributed by atoms with Crippen LogP contribution < -0.4 is 4.74 Å². The second kappa shape index (κ2) is 8.97. The van der Waals surface area contributed by atoms with Crippen molar-refractivity contribution in [1.82, 2.24) is 9.80 Å². The number of ether oxygens (including phenoxy) is 1. The summed E-state index contributed by atoms with van der Waals surface area (Å²) in [5.74, 6) is 1.88. The van der Waals surface area contributed by atoms with Gasteiger partial charge in [-0.1, -0.05) is 30.3 Å². The molecule has 4 rings (SSSR count). The monoisotopic (exact) mass is 394 g/mol. The van der Waals surface area contributed by atoms with Crippen LogP contribution in [0, 0.1) is 5.41 Å². The van der Waals surface area contributed by atoms with Gasteiger partial charge in [0.05, 0.1) is 6.61 Å². The first kappa shape index (κ1) is 19.9. The van der Waals surface area contributed by atoms with E-state index in [1.54, 1.807) is 0 Å². The summed E-state index contributed by atoms with van der Waals surface area (Å²) < 4.78 is 5.89. The predicted octanol–water partition coefficient (Wildman–Crippen LogP) is 3.68. The van der Waals surface area contributed by atoms with Gasteiger partial charge < -0.3 is 14.7 Å². The van der Waals surface area contributed by atoms with Crippen LogP contribution in [-0.4, -0.2) is 53.6 Å². The van der Waals surface area contributed by atoms with Crippen molar-refractivity contribution in [3.8, 4) is 11.5 Å². The van der Waals surface area contributed by atoms with Crippen molar-refractivity contribution in [3.05, 3.63) is 60.2 Å². The van der Waals surface area contributed by atoms with Crippen LogP contribution in [0.4, 0.5) is 0 Å². The summed E-state index contributed by atoms with van der Waals surface area (Å²) in [6.07, 6.45) is 3.91. The number of likely N-dealkylation sites (tertiary alicyclic amines) is 2. The Hall–Kier alpha value is -2.37. The standard InChI is InChI=1S/C24H30N2O3/c27-16-15-26-19-24(13-11-23(26)28)12-4-14-25(18-24)17-20-7-9-22(10-8-20)29-21-5-2-1-3-6-21/h1-3,5-10,27H,4,11-19H2/t24-/m1/s1. The summed E-state index contributed by atoms with van der Waals surface area (Å²) in [7, 11) is 0. The smallest absolute Gasteiger partial charge is 0.222 e. The van der Waals surface area contributed by atoms with E-state index < -0.39 is 0 Å². The minimum absolute atomic E-state index is 0.0446. The van der Waals surface area contributed by atoms with Crippen LogP contribution in [0.2, 0.25) is 0 Å². The Bertz CT molecular complexity index is 809. The molecule has 1 atom stereocenters. The molecule has 5 heteroatoms. The molecule has 2 saturated heterocycles. The van der Waals surface area contributed by atoms with E-state index in [2.05, 4.69) is 17.0 Å². The maximum atomic E-state index is 12.1. The zero-order chi connectivity index (χ0) is 20.1. The second-order valence-electron chi connectivity index (χ2n) is 8.41. The first-order valence-electron chi connectivity index (χ1n) is 10.6. The number of hydrogen-bond donors (Lipinski definition) is 1. The number of carbonyl (C=O) groups is 1. The van der Waals surface area contributed by atoms with E-state index in [4.69, 9.17) is 4.74 Å². The van der Waals surface area contributed by atoms with Crippen LogP contribution in [0.3, 0.4) is 0 Å². The summed E-state index contributed by atoms with van der Waals surface area (Å²) in [4.78, 5) is 16.5. The Labute approximate surface area is 172 Å². The first-order valence-corrected chi connectivity index (χ1v) is 10.6. The largest absolute Gasteiger partial charge is 0.457 e. The van der Waals surface area contributed by atoms with Gasteiger partial charge in [0.15, 0.2) is 0 Å². The number of piperidine rings is 2. The molecule has 2 aromatic carbocycles. The van der Waals surface area contributed by atoms with Crippen LogP contribution in [0.15, 0.2) is 54.6 Å². The molecule has 0 bridgehead atoms. The van der Waals surface area contributed by atoms with Crippen LogP contribution in [-0.2, 0) is 11.3 Å². The van der Waals surface area contributed by atoms with Crippen LogP contribution >= 0.6 is 0 Å². The number of carbonyl (C=O) groups excluding carboxylic acids is 1. The van der Waals surface area contributed by atoms with Gasteiger partial charge in [0.25, 0.3) is 0 Å². The molecule has 2 fully saturated rings. The summed E-state index contributed by atoms with van der Waals surface area (Å²) in [5.41, 5.74) is 1.46. The molecule has 0 aromatic heterocycles. The number of nitrogens with zero attached hydrogens (tertiary/aromatic N) is 2. The highest BCUT2D eigenvalue weighted by Gasteiger charge is 2.41. The Balaban J connectivity index is 1.36. The van der Waals surface area contributed by atoms with E-state index in [0.717, 1.165) is 50.5 Å². The zero-order valence-corrected chi connectivity index (χ0v) is 16.9. The molecule has 2 aromatic rings. The molecule has 0 unspecified atom stereocenters. The van der Waals surface area contributed by atoms with Crippen LogP contribution in [0.1, 0.15) is 31.2 Å². The Kier molecular flexibility index (Phi) is 6.16. The molecular weight excluding hydrogens is 364 g/mol. The maximum Gasteiger partial charge on any atom is 0.222 e. The van der Waals surface area contributed by atoms with Gasteiger partial charge in [0.2, 0.25) is 5.91 Å². The van der Waals surface area contributed by atoms with E-state index in [0.29, 0.717) is 13.0 Å². The molecule has 1 spiro atoms. The SMILES string of the molecule is O=C1CC[C@@]2(CCCN(Cc3ccc(Oc4ccccc4)cc3)C2)CN1CCO. The molecule has 154 valence electrons. The molecule has 5 nitrogen and oxygen atoms in total. The summed E-state index contributed by atoms with van der Waals surface area (Å²) in [6.45, 7) is 4.32. The fraction of sp³-hybridized carbons (Fsp3) is 0.458. The molecular formula is C24H30N2O3. The van der Waals surface area contributed by atoms with Gasteiger partial charge in [-0.25, -0.2) is 0 Å². The third-order valence-corrected chi connectivity index (χ3v) is 6.17. The lowest BCUT2D eigenvalue weighted by Gasteiger charge is -2.48. The lowest BCUT2D eigenvalue weighted by molar-refractivity contribution is -0.140.